The Morgan fingerprint density at radius 2 is 2.05 bits per heavy atom. The minimum absolute atomic E-state index is 0.0262. The number of hydrogen-bond acceptors (Lipinski definition) is 5. The third-order valence-electron chi connectivity index (χ3n) is 1.97. The normalized spacial score (nSPS) is 11.1. The van der Waals surface area contributed by atoms with Crippen LogP contribution in [0.15, 0.2) is 6.07 Å². The molecule has 5 nitrogen and oxygen atoms in total. The van der Waals surface area contributed by atoms with Crippen molar-refractivity contribution < 1.29 is 32.2 Å². The molecule has 106 valence electrons. The number of hydrogen-bond donors (Lipinski definition) is 0. The maximum atomic E-state index is 12.2. The average molecular weight is 344 g/mol. The Morgan fingerprint density at radius 3 is 2.47 bits per heavy atom. The molecule has 1 heterocycles. The van der Waals surface area contributed by atoms with Crippen molar-refractivity contribution in [3.8, 4) is 11.6 Å². The van der Waals surface area contributed by atoms with Gasteiger partial charge < -0.3 is 14.2 Å². The first-order chi connectivity index (χ1) is 8.82. The molecule has 0 aliphatic heterocycles. The molecule has 0 bridgehead atoms. The first-order valence-electron chi connectivity index (χ1n) is 4.80. The highest BCUT2D eigenvalue weighted by atomic mass is 79.9. The van der Waals surface area contributed by atoms with Gasteiger partial charge in [0.25, 0.3) is 0 Å². The number of nitrogens with zero attached hydrogens (tertiary/aromatic N) is 1. The summed E-state index contributed by atoms with van der Waals surface area (Å²) in [7, 11) is 2.34. The number of methoxy groups -OCH3 is 2. The number of halogens is 4. The summed E-state index contributed by atoms with van der Waals surface area (Å²) in [4.78, 5) is 14.9. The number of rotatable bonds is 4. The zero-order chi connectivity index (χ0) is 14.6. The third kappa shape index (κ3) is 3.98. The summed E-state index contributed by atoms with van der Waals surface area (Å²) in [5.74, 6) is -1.66. The van der Waals surface area contributed by atoms with Gasteiger partial charge in [-0.3, -0.25) is 0 Å². The van der Waals surface area contributed by atoms with Crippen molar-refractivity contribution in [1.82, 2.24) is 4.98 Å². The molecule has 0 aliphatic rings. The highest BCUT2D eigenvalue weighted by Gasteiger charge is 2.33. The largest absolute Gasteiger partial charge is 0.574 e. The van der Waals surface area contributed by atoms with Crippen LogP contribution in [0.4, 0.5) is 13.2 Å². The Balaban J connectivity index is 3.34. The molecule has 9 heteroatoms. The molecule has 0 aromatic carbocycles. The van der Waals surface area contributed by atoms with E-state index in [1.165, 1.54) is 7.11 Å². The lowest BCUT2D eigenvalue weighted by atomic mass is 10.2. The van der Waals surface area contributed by atoms with E-state index in [4.69, 9.17) is 4.74 Å². The topological polar surface area (TPSA) is 57.7 Å². The number of carbonyl (C=O) groups excluding carboxylic acids is 1. The fourth-order valence-corrected chi connectivity index (χ4v) is 1.71. The molecule has 0 atom stereocenters. The third-order valence-corrected chi connectivity index (χ3v) is 2.58. The van der Waals surface area contributed by atoms with E-state index in [2.05, 4.69) is 30.4 Å². The van der Waals surface area contributed by atoms with Crippen LogP contribution in [0.5, 0.6) is 11.6 Å². The molecule has 0 amide bonds. The summed E-state index contributed by atoms with van der Waals surface area (Å²) >= 11 is 3.07. The van der Waals surface area contributed by atoms with E-state index in [1.807, 2.05) is 0 Å². The summed E-state index contributed by atoms with van der Waals surface area (Å²) in [5, 5.41) is 0.150. The van der Waals surface area contributed by atoms with Crippen molar-refractivity contribution in [3.63, 3.8) is 0 Å². The molecule has 0 saturated carbocycles. The van der Waals surface area contributed by atoms with E-state index in [-0.39, 0.29) is 22.3 Å². The van der Waals surface area contributed by atoms with Crippen LogP contribution in [-0.4, -0.2) is 31.5 Å². The predicted octanol–water partition coefficient (Wildman–Crippen LogP) is 2.67. The van der Waals surface area contributed by atoms with Crippen LogP contribution in [0.3, 0.4) is 0 Å². The van der Waals surface area contributed by atoms with Crippen LogP contribution in [0.2, 0.25) is 0 Å². The average Bonchev–Trinajstić information content (AvgIpc) is 2.34. The standard InChI is InChI=1S/C10H9BrF3NO4/c1-17-8-5(4-11)3-6(19-10(12,13)14)15-7(8)9(16)18-2/h3H,4H2,1-2H3. The van der Waals surface area contributed by atoms with Crippen molar-refractivity contribution in [1.29, 1.82) is 0 Å². The highest BCUT2D eigenvalue weighted by molar-refractivity contribution is 9.08. The van der Waals surface area contributed by atoms with Crippen molar-refractivity contribution in [3.05, 3.63) is 17.3 Å². The number of esters is 1. The fraction of sp³-hybridized carbons (Fsp3) is 0.400. The minimum Gasteiger partial charge on any atom is -0.494 e. The molecule has 1 rings (SSSR count). The van der Waals surface area contributed by atoms with Gasteiger partial charge in [0, 0.05) is 17.0 Å². The Kier molecular flexibility index (Phi) is 4.98. The zero-order valence-corrected chi connectivity index (χ0v) is 11.5. The fourth-order valence-electron chi connectivity index (χ4n) is 1.29. The highest BCUT2D eigenvalue weighted by Crippen LogP contribution is 2.31. The molecule has 0 N–H and O–H groups in total. The van der Waals surface area contributed by atoms with E-state index in [0.717, 1.165) is 13.2 Å². The second kappa shape index (κ2) is 6.09. The van der Waals surface area contributed by atoms with Crippen LogP contribution in [0.1, 0.15) is 16.1 Å². The molecule has 1 aromatic heterocycles. The molecule has 0 spiro atoms. The second-order valence-electron chi connectivity index (χ2n) is 3.17. The van der Waals surface area contributed by atoms with Crippen molar-refractivity contribution in [2.45, 2.75) is 11.7 Å². The molecule has 0 saturated heterocycles. The van der Waals surface area contributed by atoms with Gasteiger partial charge in [-0.25, -0.2) is 9.78 Å². The summed E-state index contributed by atoms with van der Waals surface area (Å²) in [6.45, 7) is 0. The lowest BCUT2D eigenvalue weighted by Crippen LogP contribution is -2.19. The zero-order valence-electron chi connectivity index (χ0n) is 9.88. The minimum atomic E-state index is -4.90. The first kappa shape index (κ1) is 15.5. The smallest absolute Gasteiger partial charge is 0.494 e. The first-order valence-corrected chi connectivity index (χ1v) is 5.92. The second-order valence-corrected chi connectivity index (χ2v) is 3.74. The van der Waals surface area contributed by atoms with Gasteiger partial charge in [-0.1, -0.05) is 15.9 Å². The Morgan fingerprint density at radius 1 is 1.42 bits per heavy atom. The van der Waals surface area contributed by atoms with Gasteiger partial charge in [0.15, 0.2) is 11.4 Å². The van der Waals surface area contributed by atoms with Gasteiger partial charge >= 0.3 is 12.3 Å². The van der Waals surface area contributed by atoms with E-state index in [0.29, 0.717) is 0 Å². The Hall–Kier alpha value is -1.51. The van der Waals surface area contributed by atoms with Gasteiger partial charge in [0.05, 0.1) is 14.2 Å². The molecular formula is C10H9BrF3NO4. The molecule has 0 unspecified atom stereocenters. The molecule has 0 fully saturated rings. The van der Waals surface area contributed by atoms with E-state index in [1.54, 1.807) is 0 Å². The lowest BCUT2D eigenvalue weighted by molar-refractivity contribution is -0.276. The number of aromatic nitrogens is 1. The summed E-state index contributed by atoms with van der Waals surface area (Å²) in [6, 6.07) is 1.02. The van der Waals surface area contributed by atoms with Crippen molar-refractivity contribution >= 4 is 21.9 Å². The summed E-state index contributed by atoms with van der Waals surface area (Å²) in [6.07, 6.45) is -4.90. The van der Waals surface area contributed by atoms with E-state index >= 15 is 0 Å². The summed E-state index contributed by atoms with van der Waals surface area (Å²) in [5.41, 5.74) is -0.113. The lowest BCUT2D eigenvalue weighted by Gasteiger charge is -2.14. The SMILES string of the molecule is COC(=O)c1nc(OC(F)(F)F)cc(CBr)c1OC. The quantitative estimate of drug-likeness (QED) is 0.621. The van der Waals surface area contributed by atoms with Gasteiger partial charge in [0.2, 0.25) is 5.88 Å². The van der Waals surface area contributed by atoms with E-state index < -0.39 is 18.2 Å². The number of pyridine rings is 1. The maximum absolute atomic E-state index is 12.2. The predicted molar refractivity (Wildman–Crippen MR) is 61.4 cm³/mol. The van der Waals surface area contributed by atoms with Gasteiger partial charge in [-0.15, -0.1) is 13.2 Å². The van der Waals surface area contributed by atoms with Gasteiger partial charge in [-0.05, 0) is 0 Å². The van der Waals surface area contributed by atoms with E-state index in [9.17, 15) is 18.0 Å². The molecular weight excluding hydrogens is 335 g/mol. The number of alkyl halides is 4. The summed E-state index contributed by atoms with van der Waals surface area (Å²) < 4.78 is 49.5. The van der Waals surface area contributed by atoms with Crippen LogP contribution in [-0.2, 0) is 10.1 Å². The molecule has 0 radical (unpaired) electrons. The van der Waals surface area contributed by atoms with Crippen LogP contribution >= 0.6 is 15.9 Å². The van der Waals surface area contributed by atoms with Gasteiger partial charge in [0.1, 0.15) is 0 Å². The van der Waals surface area contributed by atoms with Gasteiger partial charge in [-0.2, -0.15) is 0 Å². The van der Waals surface area contributed by atoms with Crippen molar-refractivity contribution in [2.24, 2.45) is 0 Å². The monoisotopic (exact) mass is 343 g/mol. The molecule has 1 aromatic rings. The Labute approximate surface area is 114 Å². The molecule has 0 aliphatic carbocycles. The maximum Gasteiger partial charge on any atom is 0.574 e. The van der Waals surface area contributed by atoms with Crippen LogP contribution in [0, 0.1) is 0 Å². The van der Waals surface area contributed by atoms with Crippen molar-refractivity contribution in [2.75, 3.05) is 14.2 Å². The molecule has 19 heavy (non-hydrogen) atoms. The Bertz CT molecular complexity index is 479. The number of ether oxygens (including phenoxy) is 3. The van der Waals surface area contributed by atoms with Crippen LogP contribution in [0.25, 0.3) is 0 Å². The van der Waals surface area contributed by atoms with Crippen LogP contribution < -0.4 is 9.47 Å². The number of carbonyl (C=O) groups is 1.